The number of halogens is 2. The van der Waals surface area contributed by atoms with Crippen molar-refractivity contribution in [1.29, 1.82) is 0 Å². The fraction of sp³-hybridized carbons (Fsp3) is 0.533. The summed E-state index contributed by atoms with van der Waals surface area (Å²) < 4.78 is 1.78. The number of rotatable bonds is 3. The summed E-state index contributed by atoms with van der Waals surface area (Å²) in [7, 11) is 0. The van der Waals surface area contributed by atoms with Crippen LogP contribution in [0.25, 0.3) is 0 Å². The lowest BCUT2D eigenvalue weighted by molar-refractivity contribution is 0.0891. The van der Waals surface area contributed by atoms with Crippen LogP contribution in [-0.2, 0) is 0 Å². The normalized spacial score (nSPS) is 12.4. The first kappa shape index (κ1) is 16.7. The molecule has 0 unspecified atom stereocenters. The van der Waals surface area contributed by atoms with E-state index in [4.69, 9.17) is 0 Å². The molecule has 0 fully saturated rings. The average Bonchev–Trinajstić information content (AvgIpc) is 2.10. The number of carbonyl (C=O) groups excluding carboxylic acids is 1. The zero-order chi connectivity index (χ0) is 14.8. The number of amides is 1. The molecule has 1 N–H and O–H groups in total. The minimum atomic E-state index is -0.232. The van der Waals surface area contributed by atoms with Gasteiger partial charge in [0.2, 0.25) is 0 Å². The van der Waals surface area contributed by atoms with Crippen LogP contribution in [0.5, 0.6) is 0 Å². The van der Waals surface area contributed by atoms with Crippen molar-refractivity contribution in [3.8, 4) is 0 Å². The molecule has 19 heavy (non-hydrogen) atoms. The highest BCUT2D eigenvalue weighted by Crippen LogP contribution is 2.27. The zero-order valence-corrected chi connectivity index (χ0v) is 15.3. The fourth-order valence-electron chi connectivity index (χ4n) is 2.43. The lowest BCUT2D eigenvalue weighted by Gasteiger charge is -2.33. The minimum absolute atomic E-state index is 0.0451. The summed E-state index contributed by atoms with van der Waals surface area (Å²) in [6.45, 7) is 10.6. The third-order valence-corrected chi connectivity index (χ3v) is 3.46. The standard InChI is InChI=1S/C15H21Br2NO/c1-14(2,3)9-15(4,5)18-13(19)10-6-11(16)8-12(17)7-10/h6-8H,9H2,1-5H3,(H,18,19). The smallest absolute Gasteiger partial charge is 0.251 e. The van der Waals surface area contributed by atoms with Gasteiger partial charge in [-0.05, 0) is 43.9 Å². The first-order valence-electron chi connectivity index (χ1n) is 6.27. The molecule has 1 aromatic rings. The van der Waals surface area contributed by atoms with E-state index in [9.17, 15) is 4.79 Å². The molecule has 0 aliphatic rings. The Labute approximate surface area is 132 Å². The van der Waals surface area contributed by atoms with Crippen molar-refractivity contribution in [2.45, 2.75) is 46.6 Å². The Morgan fingerprint density at radius 1 is 1.05 bits per heavy atom. The predicted molar refractivity (Wildman–Crippen MR) is 87.5 cm³/mol. The SMILES string of the molecule is CC(C)(C)CC(C)(C)NC(=O)c1cc(Br)cc(Br)c1. The van der Waals surface area contributed by atoms with Gasteiger partial charge in [0, 0.05) is 20.0 Å². The molecule has 2 nitrogen and oxygen atoms in total. The minimum Gasteiger partial charge on any atom is -0.347 e. The maximum atomic E-state index is 12.3. The van der Waals surface area contributed by atoms with Gasteiger partial charge in [-0.25, -0.2) is 0 Å². The number of nitrogens with one attached hydrogen (secondary N) is 1. The zero-order valence-electron chi connectivity index (χ0n) is 12.1. The van der Waals surface area contributed by atoms with Gasteiger partial charge < -0.3 is 5.32 Å². The number of benzene rings is 1. The van der Waals surface area contributed by atoms with Crippen LogP contribution in [0.1, 0.15) is 51.4 Å². The quantitative estimate of drug-likeness (QED) is 0.758. The van der Waals surface area contributed by atoms with E-state index in [0.29, 0.717) is 5.56 Å². The van der Waals surface area contributed by atoms with Crippen molar-refractivity contribution in [1.82, 2.24) is 5.32 Å². The fourth-order valence-corrected chi connectivity index (χ4v) is 3.73. The highest BCUT2D eigenvalue weighted by atomic mass is 79.9. The van der Waals surface area contributed by atoms with Gasteiger partial charge in [-0.3, -0.25) is 4.79 Å². The highest BCUT2D eigenvalue weighted by Gasteiger charge is 2.27. The van der Waals surface area contributed by atoms with Crippen LogP contribution in [0.2, 0.25) is 0 Å². The molecule has 0 aliphatic carbocycles. The average molecular weight is 391 g/mol. The molecule has 1 aromatic carbocycles. The van der Waals surface area contributed by atoms with Gasteiger partial charge in [0.1, 0.15) is 0 Å². The summed E-state index contributed by atoms with van der Waals surface area (Å²) >= 11 is 6.80. The summed E-state index contributed by atoms with van der Waals surface area (Å²) in [5.41, 5.74) is 0.599. The second-order valence-electron chi connectivity index (χ2n) is 6.73. The summed E-state index contributed by atoms with van der Waals surface area (Å²) in [6.07, 6.45) is 0.918. The second kappa shape index (κ2) is 5.96. The Balaban J connectivity index is 2.84. The van der Waals surface area contributed by atoms with Crippen LogP contribution >= 0.6 is 31.9 Å². The molecule has 0 radical (unpaired) electrons. The first-order chi connectivity index (χ1) is 8.48. The van der Waals surface area contributed by atoms with Crippen LogP contribution in [0.15, 0.2) is 27.1 Å². The molecule has 4 heteroatoms. The highest BCUT2D eigenvalue weighted by molar-refractivity contribution is 9.11. The van der Waals surface area contributed by atoms with Crippen molar-refractivity contribution < 1.29 is 4.79 Å². The number of hydrogen-bond acceptors (Lipinski definition) is 1. The van der Waals surface area contributed by atoms with E-state index in [1.807, 2.05) is 18.2 Å². The molecule has 0 saturated carbocycles. The van der Waals surface area contributed by atoms with E-state index in [1.165, 1.54) is 0 Å². The number of carbonyl (C=O) groups is 1. The molecule has 0 heterocycles. The van der Waals surface area contributed by atoms with Crippen molar-refractivity contribution in [3.05, 3.63) is 32.7 Å². The third-order valence-electron chi connectivity index (χ3n) is 2.55. The first-order valence-corrected chi connectivity index (χ1v) is 7.86. The van der Waals surface area contributed by atoms with Gasteiger partial charge in [0.05, 0.1) is 0 Å². The molecule has 0 atom stereocenters. The van der Waals surface area contributed by atoms with E-state index in [0.717, 1.165) is 15.4 Å². The number of hydrogen-bond donors (Lipinski definition) is 1. The Hall–Kier alpha value is -0.350. The summed E-state index contributed by atoms with van der Waals surface area (Å²) in [5, 5.41) is 3.10. The van der Waals surface area contributed by atoms with E-state index in [-0.39, 0.29) is 16.9 Å². The predicted octanol–water partition coefficient (Wildman–Crippen LogP) is 5.16. The van der Waals surface area contributed by atoms with Crippen molar-refractivity contribution in [2.24, 2.45) is 5.41 Å². The van der Waals surface area contributed by atoms with Crippen LogP contribution < -0.4 is 5.32 Å². The van der Waals surface area contributed by atoms with Crippen LogP contribution in [0, 0.1) is 5.41 Å². The molecule has 0 spiro atoms. The molecule has 0 saturated heterocycles. The Morgan fingerprint density at radius 2 is 1.53 bits per heavy atom. The van der Waals surface area contributed by atoms with Crippen molar-refractivity contribution in [3.63, 3.8) is 0 Å². The molecule has 106 valence electrons. The van der Waals surface area contributed by atoms with E-state index >= 15 is 0 Å². The molecule has 1 amide bonds. The van der Waals surface area contributed by atoms with E-state index in [2.05, 4.69) is 71.8 Å². The molecular weight excluding hydrogens is 370 g/mol. The summed E-state index contributed by atoms with van der Waals surface area (Å²) in [6, 6.07) is 5.57. The monoisotopic (exact) mass is 389 g/mol. The molecular formula is C15H21Br2NO. The van der Waals surface area contributed by atoms with Gasteiger partial charge >= 0.3 is 0 Å². The van der Waals surface area contributed by atoms with Gasteiger partial charge in [-0.1, -0.05) is 52.6 Å². The van der Waals surface area contributed by atoms with Crippen LogP contribution in [-0.4, -0.2) is 11.4 Å². The molecule has 1 rings (SSSR count). The Morgan fingerprint density at radius 3 is 1.95 bits per heavy atom. The molecule has 0 aliphatic heterocycles. The maximum absolute atomic E-state index is 12.3. The van der Waals surface area contributed by atoms with Gasteiger partial charge in [-0.15, -0.1) is 0 Å². The summed E-state index contributed by atoms with van der Waals surface area (Å²) in [5.74, 6) is -0.0451. The van der Waals surface area contributed by atoms with Crippen LogP contribution in [0.4, 0.5) is 0 Å². The largest absolute Gasteiger partial charge is 0.347 e. The van der Waals surface area contributed by atoms with Crippen LogP contribution in [0.3, 0.4) is 0 Å². The van der Waals surface area contributed by atoms with Gasteiger partial charge in [0.15, 0.2) is 0 Å². The Bertz CT molecular complexity index is 455. The van der Waals surface area contributed by atoms with Crippen molar-refractivity contribution >= 4 is 37.8 Å². The molecule has 0 aromatic heterocycles. The van der Waals surface area contributed by atoms with Gasteiger partial charge in [0.25, 0.3) is 5.91 Å². The lowest BCUT2D eigenvalue weighted by Crippen LogP contribution is -2.45. The Kier molecular flexibility index (Phi) is 5.24. The second-order valence-corrected chi connectivity index (χ2v) is 8.56. The lowest BCUT2D eigenvalue weighted by atomic mass is 9.81. The third kappa shape index (κ3) is 6.09. The van der Waals surface area contributed by atoms with E-state index < -0.39 is 0 Å². The van der Waals surface area contributed by atoms with E-state index in [1.54, 1.807) is 0 Å². The topological polar surface area (TPSA) is 29.1 Å². The van der Waals surface area contributed by atoms with Gasteiger partial charge in [-0.2, -0.15) is 0 Å². The molecule has 0 bridgehead atoms. The van der Waals surface area contributed by atoms with Crippen molar-refractivity contribution in [2.75, 3.05) is 0 Å². The maximum Gasteiger partial charge on any atom is 0.251 e. The summed E-state index contributed by atoms with van der Waals surface area (Å²) in [4.78, 5) is 12.3.